The summed E-state index contributed by atoms with van der Waals surface area (Å²) in [5.74, 6) is -2.54. The van der Waals surface area contributed by atoms with Gasteiger partial charge in [0.15, 0.2) is 0 Å². The van der Waals surface area contributed by atoms with Crippen molar-refractivity contribution in [1.29, 1.82) is 0 Å². The van der Waals surface area contributed by atoms with Crippen LogP contribution in [0.25, 0.3) is 11.1 Å². The molecule has 2 aromatic carbocycles. The molecule has 0 saturated carbocycles. The molecule has 2 fully saturated rings. The van der Waals surface area contributed by atoms with Crippen LogP contribution in [0.4, 0.5) is 0 Å². The maximum Gasteiger partial charge on any atom is 0.326 e. The van der Waals surface area contributed by atoms with E-state index in [0.717, 1.165) is 11.1 Å². The molecule has 32 heavy (non-hydrogen) atoms. The van der Waals surface area contributed by atoms with Crippen molar-refractivity contribution in [1.82, 2.24) is 9.80 Å². The van der Waals surface area contributed by atoms with E-state index in [1.807, 2.05) is 0 Å². The van der Waals surface area contributed by atoms with Crippen LogP contribution in [0.2, 0.25) is 0 Å². The van der Waals surface area contributed by atoms with E-state index >= 15 is 0 Å². The molecule has 2 aromatic rings. The normalized spacial score (nSPS) is 20.4. The number of carbonyl (C=O) groups is 4. The summed E-state index contributed by atoms with van der Waals surface area (Å²) in [5.41, 5.74) is 2.56. The Morgan fingerprint density at radius 2 is 0.969 bits per heavy atom. The zero-order valence-corrected chi connectivity index (χ0v) is 17.4. The average Bonchev–Trinajstić information content (AvgIpc) is 3.48. The molecule has 2 heterocycles. The minimum absolute atomic E-state index is 0.291. The van der Waals surface area contributed by atoms with E-state index in [1.165, 1.54) is 9.80 Å². The molecule has 2 unspecified atom stereocenters. The summed E-state index contributed by atoms with van der Waals surface area (Å²) >= 11 is 0. The fourth-order valence-corrected chi connectivity index (χ4v) is 4.48. The van der Waals surface area contributed by atoms with Gasteiger partial charge in [0.05, 0.1) is 0 Å². The summed E-state index contributed by atoms with van der Waals surface area (Å²) in [6.45, 7) is 0.875. The molecule has 0 aliphatic carbocycles. The van der Waals surface area contributed by atoms with Crippen molar-refractivity contribution in [2.75, 3.05) is 13.1 Å². The smallest absolute Gasteiger partial charge is 0.326 e. The number of carboxylic acid groups (broad SMARTS) is 2. The molecule has 0 spiro atoms. The summed E-state index contributed by atoms with van der Waals surface area (Å²) < 4.78 is 0. The van der Waals surface area contributed by atoms with Gasteiger partial charge >= 0.3 is 11.9 Å². The Morgan fingerprint density at radius 1 is 0.625 bits per heavy atom. The van der Waals surface area contributed by atoms with E-state index in [0.29, 0.717) is 49.9 Å². The number of hydrogen-bond donors (Lipinski definition) is 2. The maximum absolute atomic E-state index is 12.7. The molecule has 2 atom stereocenters. The molecular weight excluding hydrogens is 412 g/mol. The summed E-state index contributed by atoms with van der Waals surface area (Å²) in [5, 5.41) is 18.6. The first kappa shape index (κ1) is 21.5. The lowest BCUT2D eigenvalue weighted by Gasteiger charge is -2.21. The minimum atomic E-state index is -0.981. The van der Waals surface area contributed by atoms with E-state index in [1.54, 1.807) is 48.5 Å². The Bertz CT molecular complexity index is 962. The van der Waals surface area contributed by atoms with Crippen LogP contribution >= 0.6 is 0 Å². The topological polar surface area (TPSA) is 115 Å². The van der Waals surface area contributed by atoms with Gasteiger partial charge in [0, 0.05) is 24.2 Å². The molecule has 2 aliphatic heterocycles. The number of carboxylic acids is 2. The number of nitrogens with zero attached hydrogens (tertiary/aromatic N) is 2. The lowest BCUT2D eigenvalue weighted by atomic mass is 10.0. The Kier molecular flexibility index (Phi) is 5.94. The van der Waals surface area contributed by atoms with Crippen LogP contribution < -0.4 is 0 Å². The number of hydrogen-bond acceptors (Lipinski definition) is 4. The van der Waals surface area contributed by atoms with Gasteiger partial charge in [-0.3, -0.25) is 9.59 Å². The number of amides is 2. The first-order valence-electron chi connectivity index (χ1n) is 10.6. The standard InChI is InChI=1S/C24H24N2O6/c27-21(25-13-1-3-19(25)23(29)30)17-9-5-15(6-10-17)16-7-11-18(12-8-16)22(28)26-14-2-4-20(26)24(31)32/h5-12,19-20H,1-4,13-14H2,(H,29,30)(H,31,32). The van der Waals surface area contributed by atoms with Gasteiger partial charge in [0.2, 0.25) is 0 Å². The predicted octanol–water partition coefficient (Wildman–Crippen LogP) is 2.73. The van der Waals surface area contributed by atoms with Gasteiger partial charge in [-0.1, -0.05) is 24.3 Å². The third-order valence-corrected chi connectivity index (χ3v) is 6.19. The van der Waals surface area contributed by atoms with Crippen molar-refractivity contribution in [2.45, 2.75) is 37.8 Å². The lowest BCUT2D eigenvalue weighted by molar-refractivity contribution is -0.142. The monoisotopic (exact) mass is 436 g/mol. The van der Waals surface area contributed by atoms with Gasteiger partial charge < -0.3 is 20.0 Å². The Balaban J connectivity index is 1.47. The van der Waals surface area contributed by atoms with Gasteiger partial charge in [-0.15, -0.1) is 0 Å². The number of aliphatic carboxylic acids is 2. The Hall–Kier alpha value is -3.68. The van der Waals surface area contributed by atoms with Gasteiger partial charge in [-0.2, -0.15) is 0 Å². The maximum atomic E-state index is 12.7. The molecular formula is C24H24N2O6. The third kappa shape index (κ3) is 4.08. The SMILES string of the molecule is O=C(O)C1CCCN1C(=O)c1ccc(-c2ccc(C(=O)N3CCCC3C(=O)O)cc2)cc1. The molecule has 2 N–H and O–H groups in total. The molecule has 2 saturated heterocycles. The Labute approximate surface area is 185 Å². The number of rotatable bonds is 5. The molecule has 2 amide bonds. The van der Waals surface area contributed by atoms with Crippen LogP contribution in [0.3, 0.4) is 0 Å². The molecule has 4 rings (SSSR count). The molecule has 0 aromatic heterocycles. The molecule has 8 heteroatoms. The highest BCUT2D eigenvalue weighted by Crippen LogP contribution is 2.25. The highest BCUT2D eigenvalue weighted by molar-refractivity contribution is 5.98. The second-order valence-corrected chi connectivity index (χ2v) is 8.14. The molecule has 2 aliphatic rings. The van der Waals surface area contributed by atoms with Crippen LogP contribution in [-0.4, -0.2) is 68.9 Å². The van der Waals surface area contributed by atoms with Crippen molar-refractivity contribution >= 4 is 23.8 Å². The quantitative estimate of drug-likeness (QED) is 0.745. The molecule has 166 valence electrons. The predicted molar refractivity (Wildman–Crippen MR) is 115 cm³/mol. The summed E-state index contributed by atoms with van der Waals surface area (Å²) in [6, 6.07) is 12.3. The van der Waals surface area contributed by atoms with Gasteiger partial charge in [-0.05, 0) is 61.1 Å². The van der Waals surface area contributed by atoms with E-state index < -0.39 is 24.0 Å². The van der Waals surface area contributed by atoms with Crippen molar-refractivity contribution in [3.63, 3.8) is 0 Å². The van der Waals surface area contributed by atoms with Gasteiger partial charge in [0.25, 0.3) is 11.8 Å². The summed E-state index contributed by atoms with van der Waals surface area (Å²) in [6.07, 6.45) is 2.29. The number of benzene rings is 2. The minimum Gasteiger partial charge on any atom is -0.480 e. The van der Waals surface area contributed by atoms with Crippen LogP contribution in [0.15, 0.2) is 48.5 Å². The van der Waals surface area contributed by atoms with Crippen LogP contribution in [0, 0.1) is 0 Å². The van der Waals surface area contributed by atoms with Crippen LogP contribution in [0.1, 0.15) is 46.4 Å². The molecule has 8 nitrogen and oxygen atoms in total. The summed E-state index contributed by atoms with van der Waals surface area (Å²) in [7, 11) is 0. The fraction of sp³-hybridized carbons (Fsp3) is 0.333. The summed E-state index contributed by atoms with van der Waals surface area (Å²) in [4.78, 5) is 50.9. The van der Waals surface area contributed by atoms with Gasteiger partial charge in [0.1, 0.15) is 12.1 Å². The van der Waals surface area contributed by atoms with Crippen LogP contribution in [-0.2, 0) is 9.59 Å². The second kappa shape index (κ2) is 8.82. The molecule has 0 radical (unpaired) electrons. The van der Waals surface area contributed by atoms with Gasteiger partial charge in [-0.25, -0.2) is 9.59 Å². The first-order chi connectivity index (χ1) is 15.4. The number of carbonyl (C=O) groups excluding carboxylic acids is 2. The number of likely N-dealkylation sites (tertiary alicyclic amines) is 2. The first-order valence-corrected chi connectivity index (χ1v) is 10.6. The van der Waals surface area contributed by atoms with E-state index in [-0.39, 0.29) is 11.8 Å². The van der Waals surface area contributed by atoms with E-state index in [2.05, 4.69) is 0 Å². The zero-order valence-electron chi connectivity index (χ0n) is 17.4. The largest absolute Gasteiger partial charge is 0.480 e. The van der Waals surface area contributed by atoms with Crippen LogP contribution in [0.5, 0.6) is 0 Å². The third-order valence-electron chi connectivity index (χ3n) is 6.19. The second-order valence-electron chi connectivity index (χ2n) is 8.14. The molecule has 0 bridgehead atoms. The highest BCUT2D eigenvalue weighted by Gasteiger charge is 2.35. The van der Waals surface area contributed by atoms with Crippen molar-refractivity contribution in [3.05, 3.63) is 59.7 Å². The lowest BCUT2D eigenvalue weighted by Crippen LogP contribution is -2.40. The highest BCUT2D eigenvalue weighted by atomic mass is 16.4. The van der Waals surface area contributed by atoms with Crippen molar-refractivity contribution < 1.29 is 29.4 Å². The van der Waals surface area contributed by atoms with E-state index in [9.17, 15) is 29.4 Å². The Morgan fingerprint density at radius 3 is 1.28 bits per heavy atom. The average molecular weight is 436 g/mol. The van der Waals surface area contributed by atoms with Crippen molar-refractivity contribution in [3.8, 4) is 11.1 Å². The zero-order chi connectivity index (χ0) is 22.8. The fourth-order valence-electron chi connectivity index (χ4n) is 4.48. The van der Waals surface area contributed by atoms with Crippen molar-refractivity contribution in [2.24, 2.45) is 0 Å². The van der Waals surface area contributed by atoms with E-state index in [4.69, 9.17) is 0 Å².